The van der Waals surface area contributed by atoms with Crippen molar-refractivity contribution in [2.75, 3.05) is 7.11 Å². The zero-order valence-electron chi connectivity index (χ0n) is 22.1. The number of hydrogen-bond acceptors (Lipinski definition) is 5. The van der Waals surface area contributed by atoms with Crippen LogP contribution in [-0.4, -0.2) is 31.5 Å². The largest absolute Gasteiger partial charge is 0.508 e. The fraction of sp³-hybridized carbons (Fsp3) is 0.483. The van der Waals surface area contributed by atoms with Crippen LogP contribution in [0, 0.1) is 23.5 Å². The molecular weight excluding hydrogens is 498 g/mol. The average molecular weight is 539 g/mol. The van der Waals surface area contributed by atoms with E-state index < -0.39 is 26.2 Å². The molecule has 37 heavy (non-hydrogen) atoms. The minimum absolute atomic E-state index is 0.0151. The summed E-state index contributed by atoms with van der Waals surface area (Å²) >= 11 is 0. The summed E-state index contributed by atoms with van der Waals surface area (Å²) in [5.74, 6) is -1.38. The first-order valence-electron chi connectivity index (χ1n) is 12.6. The molecule has 0 bridgehead atoms. The Morgan fingerprint density at radius 1 is 1.08 bits per heavy atom. The summed E-state index contributed by atoms with van der Waals surface area (Å²) in [7, 11) is -3.12. The van der Waals surface area contributed by atoms with E-state index in [0.29, 0.717) is 19.3 Å². The number of hydrogen-bond donors (Lipinski definition) is 2. The number of unbranched alkanes of at least 4 members (excludes halogenated alkanes) is 1. The maximum absolute atomic E-state index is 14.9. The van der Waals surface area contributed by atoms with Crippen molar-refractivity contribution >= 4 is 15.6 Å². The van der Waals surface area contributed by atoms with Gasteiger partial charge in [0, 0.05) is 25.0 Å². The van der Waals surface area contributed by atoms with Crippen molar-refractivity contribution in [1.82, 2.24) is 0 Å². The molecule has 1 aliphatic carbocycles. The lowest BCUT2D eigenvalue weighted by Crippen LogP contribution is -2.41. The Hall–Kier alpha value is -2.58. The summed E-state index contributed by atoms with van der Waals surface area (Å²) in [6, 6.07) is 8.02. The van der Waals surface area contributed by atoms with Crippen LogP contribution in [-0.2, 0) is 19.4 Å². The second-order valence-electron chi connectivity index (χ2n) is 9.27. The summed E-state index contributed by atoms with van der Waals surface area (Å²) in [5.41, 5.74) is -0.170. The summed E-state index contributed by atoms with van der Waals surface area (Å²) in [6.45, 7) is 10.0. The number of phenolic OH excluding ortho intramolecular Hbond substituents is 1. The van der Waals surface area contributed by atoms with Gasteiger partial charge >= 0.3 is 0 Å². The lowest BCUT2D eigenvalue weighted by atomic mass is 9.75. The van der Waals surface area contributed by atoms with Crippen molar-refractivity contribution in [3.8, 4) is 5.75 Å². The van der Waals surface area contributed by atoms with Crippen LogP contribution in [0.4, 0.5) is 8.78 Å². The SMILES string of the molecule is C=C.CCCCC(C)C(=O)CC1CCC(c2cc(F)ccc2F)(S(=O)(=O)c2ccc(O)cc2)CC1.CO. The number of aliphatic hydroxyl groups excluding tert-OH is 1. The number of aliphatic hydroxyl groups is 1. The Balaban J connectivity index is 0.00000163. The Labute approximate surface area is 220 Å². The Bertz CT molecular complexity index is 1090. The second-order valence-corrected chi connectivity index (χ2v) is 11.5. The molecule has 5 nitrogen and oxygen atoms in total. The van der Waals surface area contributed by atoms with Gasteiger partial charge in [-0.25, -0.2) is 17.2 Å². The monoisotopic (exact) mass is 538 g/mol. The fourth-order valence-corrected chi connectivity index (χ4v) is 7.05. The van der Waals surface area contributed by atoms with Crippen LogP contribution in [0.15, 0.2) is 60.5 Å². The van der Waals surface area contributed by atoms with Crippen LogP contribution in [0.25, 0.3) is 0 Å². The lowest BCUT2D eigenvalue weighted by Gasteiger charge is -2.40. The quantitative estimate of drug-likeness (QED) is 0.346. The first-order valence-corrected chi connectivity index (χ1v) is 14.1. The minimum Gasteiger partial charge on any atom is -0.508 e. The van der Waals surface area contributed by atoms with Gasteiger partial charge in [-0.15, -0.1) is 13.2 Å². The highest BCUT2D eigenvalue weighted by molar-refractivity contribution is 7.92. The van der Waals surface area contributed by atoms with Crippen LogP contribution >= 0.6 is 0 Å². The van der Waals surface area contributed by atoms with Crippen LogP contribution in [0.1, 0.15) is 70.8 Å². The molecule has 2 aromatic carbocycles. The molecule has 8 heteroatoms. The molecule has 0 spiro atoms. The molecule has 1 unspecified atom stereocenters. The molecule has 1 saturated carbocycles. The van der Waals surface area contributed by atoms with Gasteiger partial charge in [0.15, 0.2) is 9.84 Å². The van der Waals surface area contributed by atoms with Gasteiger partial charge in [-0.1, -0.05) is 26.7 Å². The van der Waals surface area contributed by atoms with E-state index in [4.69, 9.17) is 5.11 Å². The van der Waals surface area contributed by atoms with Gasteiger partial charge in [-0.05, 0) is 80.5 Å². The van der Waals surface area contributed by atoms with Crippen molar-refractivity contribution in [3.63, 3.8) is 0 Å². The Kier molecular flexibility index (Phi) is 13.1. The third-order valence-corrected chi connectivity index (χ3v) is 9.57. The first kappa shape index (κ1) is 32.4. The number of rotatable bonds is 9. The zero-order chi connectivity index (χ0) is 28.2. The minimum atomic E-state index is -4.12. The molecule has 1 aliphatic rings. The molecule has 0 aliphatic heterocycles. The lowest BCUT2D eigenvalue weighted by molar-refractivity contribution is -0.123. The zero-order valence-corrected chi connectivity index (χ0v) is 22.9. The number of phenols is 1. The molecule has 0 saturated heterocycles. The molecule has 2 aromatic rings. The van der Waals surface area contributed by atoms with E-state index in [9.17, 15) is 27.1 Å². The van der Waals surface area contributed by atoms with E-state index in [-0.39, 0.29) is 46.7 Å². The van der Waals surface area contributed by atoms with Crippen molar-refractivity contribution in [1.29, 1.82) is 0 Å². The van der Waals surface area contributed by atoms with E-state index >= 15 is 0 Å². The molecule has 0 aromatic heterocycles. The molecule has 1 atom stereocenters. The number of carbonyl (C=O) groups excluding carboxylic acids is 1. The van der Waals surface area contributed by atoms with Crippen LogP contribution < -0.4 is 0 Å². The van der Waals surface area contributed by atoms with Crippen molar-refractivity contribution < 1.29 is 32.2 Å². The van der Waals surface area contributed by atoms with Crippen LogP contribution in [0.3, 0.4) is 0 Å². The Morgan fingerprint density at radius 2 is 1.65 bits per heavy atom. The Morgan fingerprint density at radius 3 is 2.19 bits per heavy atom. The number of sulfone groups is 1. The van der Waals surface area contributed by atoms with E-state index in [1.165, 1.54) is 24.3 Å². The van der Waals surface area contributed by atoms with Gasteiger partial charge < -0.3 is 10.2 Å². The molecular formula is C29H40F2O5S. The molecule has 206 valence electrons. The molecule has 0 amide bonds. The number of Topliss-reactive ketones (excluding diaryl/α,β-unsaturated/α-hetero) is 1. The second kappa shape index (κ2) is 15.0. The molecule has 0 heterocycles. The number of ketones is 1. The topological polar surface area (TPSA) is 91.7 Å². The fourth-order valence-electron chi connectivity index (χ4n) is 4.89. The van der Waals surface area contributed by atoms with E-state index in [1.54, 1.807) is 0 Å². The maximum Gasteiger partial charge on any atom is 0.188 e. The molecule has 0 radical (unpaired) electrons. The number of carbonyl (C=O) groups is 1. The summed E-state index contributed by atoms with van der Waals surface area (Å²) in [6.07, 6.45) is 4.29. The van der Waals surface area contributed by atoms with Gasteiger partial charge in [0.2, 0.25) is 0 Å². The van der Waals surface area contributed by atoms with E-state index in [1.807, 2.05) is 6.92 Å². The smallest absolute Gasteiger partial charge is 0.188 e. The molecule has 1 fully saturated rings. The average Bonchev–Trinajstić information content (AvgIpc) is 2.91. The highest BCUT2D eigenvalue weighted by Gasteiger charge is 2.50. The van der Waals surface area contributed by atoms with Crippen molar-refractivity contribution in [2.24, 2.45) is 11.8 Å². The van der Waals surface area contributed by atoms with Gasteiger partial charge in [0.05, 0.1) is 4.90 Å². The van der Waals surface area contributed by atoms with Gasteiger partial charge in [-0.2, -0.15) is 0 Å². The standard InChI is InChI=1S/C26H32F2O4S.C2H4.CH4O/c1-3-4-5-18(2)25(30)16-19-12-14-26(15-13-19,23-17-20(27)6-11-24(23)28)33(31,32)22-9-7-21(29)8-10-22;2*1-2/h6-11,17-19,29H,3-5,12-16H2,1-2H3;1-2H2;2H,1H3. The maximum atomic E-state index is 14.9. The third-order valence-electron chi connectivity index (χ3n) is 7.02. The molecule has 3 rings (SSSR count). The predicted molar refractivity (Wildman–Crippen MR) is 143 cm³/mol. The summed E-state index contributed by atoms with van der Waals surface area (Å²) in [4.78, 5) is 12.6. The normalized spacial score (nSPS) is 20.0. The van der Waals surface area contributed by atoms with Crippen LogP contribution in [0.5, 0.6) is 5.75 Å². The highest BCUT2D eigenvalue weighted by Crippen LogP contribution is 2.50. The van der Waals surface area contributed by atoms with Crippen molar-refractivity contribution in [3.05, 3.63) is 72.8 Å². The van der Waals surface area contributed by atoms with Crippen molar-refractivity contribution in [2.45, 2.75) is 74.9 Å². The van der Waals surface area contributed by atoms with Gasteiger partial charge in [0.1, 0.15) is 27.9 Å². The van der Waals surface area contributed by atoms with Crippen LogP contribution in [0.2, 0.25) is 0 Å². The first-order chi connectivity index (χ1) is 17.6. The third kappa shape index (κ3) is 7.71. The van der Waals surface area contributed by atoms with Gasteiger partial charge in [-0.3, -0.25) is 4.79 Å². The van der Waals surface area contributed by atoms with Gasteiger partial charge in [0.25, 0.3) is 0 Å². The predicted octanol–water partition coefficient (Wildman–Crippen LogP) is 6.73. The number of halogens is 2. The molecule has 2 N–H and O–H groups in total. The highest BCUT2D eigenvalue weighted by atomic mass is 32.2. The summed E-state index contributed by atoms with van der Waals surface area (Å²) in [5, 5.41) is 16.6. The number of aromatic hydroxyl groups is 1. The van der Waals surface area contributed by atoms with E-state index in [0.717, 1.165) is 44.6 Å². The van der Waals surface area contributed by atoms with E-state index in [2.05, 4.69) is 20.1 Å². The summed E-state index contributed by atoms with van der Waals surface area (Å²) < 4.78 is 55.0. The number of benzene rings is 2.